The van der Waals surface area contributed by atoms with Crippen molar-refractivity contribution in [3.63, 3.8) is 0 Å². The van der Waals surface area contributed by atoms with E-state index < -0.39 is 5.97 Å². The van der Waals surface area contributed by atoms with Crippen LogP contribution in [-0.4, -0.2) is 54.3 Å². The van der Waals surface area contributed by atoms with E-state index in [0.717, 1.165) is 30.2 Å². The van der Waals surface area contributed by atoms with E-state index in [1.165, 1.54) is 7.11 Å². The number of thiophene rings is 1. The SMILES string of the molecule is COC(=O)c1sc2nc(-c3ccc(N4CCOCC4)nc3)[nH]c(=O)c2c1C. The molecule has 8 nitrogen and oxygen atoms in total. The fourth-order valence-electron chi connectivity index (χ4n) is 3.07. The summed E-state index contributed by atoms with van der Waals surface area (Å²) in [6.45, 7) is 4.71. The number of nitrogens with zero attached hydrogens (tertiary/aromatic N) is 3. The number of fused-ring (bicyclic) bond motifs is 1. The maximum atomic E-state index is 12.5. The van der Waals surface area contributed by atoms with Gasteiger partial charge in [0.2, 0.25) is 0 Å². The van der Waals surface area contributed by atoms with Crippen LogP contribution in [0.15, 0.2) is 23.1 Å². The standard InChI is InChI=1S/C18H18N4O4S/c1-10-13-16(23)20-15(21-17(13)27-14(10)18(24)25-2)11-3-4-12(19-9-11)22-5-7-26-8-6-22/h3-4,9H,5-8H2,1-2H3,(H,20,21,23). The van der Waals surface area contributed by atoms with Crippen LogP contribution in [0, 0.1) is 6.92 Å². The second kappa shape index (κ2) is 7.09. The third-order valence-electron chi connectivity index (χ3n) is 4.53. The maximum Gasteiger partial charge on any atom is 0.348 e. The van der Waals surface area contributed by atoms with Gasteiger partial charge in [0.05, 0.1) is 25.7 Å². The maximum absolute atomic E-state index is 12.5. The number of methoxy groups -OCH3 is 1. The van der Waals surface area contributed by atoms with Crippen molar-refractivity contribution in [1.82, 2.24) is 15.0 Å². The number of esters is 1. The smallest absolute Gasteiger partial charge is 0.348 e. The zero-order chi connectivity index (χ0) is 19.0. The molecule has 1 aliphatic rings. The van der Waals surface area contributed by atoms with E-state index in [2.05, 4.69) is 19.9 Å². The molecule has 0 radical (unpaired) electrons. The number of anilines is 1. The Bertz CT molecular complexity index is 1050. The van der Waals surface area contributed by atoms with Crippen molar-refractivity contribution in [2.75, 3.05) is 38.3 Å². The van der Waals surface area contributed by atoms with Gasteiger partial charge in [0, 0.05) is 24.8 Å². The fourth-order valence-corrected chi connectivity index (χ4v) is 4.17. The molecule has 140 valence electrons. The minimum absolute atomic E-state index is 0.281. The number of pyridine rings is 1. The van der Waals surface area contributed by atoms with Crippen molar-refractivity contribution in [3.05, 3.63) is 39.1 Å². The van der Waals surface area contributed by atoms with E-state index >= 15 is 0 Å². The normalized spacial score (nSPS) is 14.5. The Balaban J connectivity index is 1.71. The number of morpholine rings is 1. The van der Waals surface area contributed by atoms with E-state index in [1.807, 2.05) is 12.1 Å². The molecule has 0 aromatic carbocycles. The first-order valence-electron chi connectivity index (χ1n) is 8.49. The Morgan fingerprint density at radius 1 is 1.33 bits per heavy atom. The molecule has 0 aliphatic carbocycles. The predicted octanol–water partition coefficient (Wildman–Crippen LogP) is 1.98. The van der Waals surface area contributed by atoms with Crippen LogP contribution in [0.25, 0.3) is 21.6 Å². The summed E-state index contributed by atoms with van der Waals surface area (Å²) in [5, 5.41) is 0.419. The van der Waals surface area contributed by atoms with Gasteiger partial charge in [-0.05, 0) is 24.6 Å². The topological polar surface area (TPSA) is 97.4 Å². The van der Waals surface area contributed by atoms with Crippen LogP contribution in [0.2, 0.25) is 0 Å². The molecule has 27 heavy (non-hydrogen) atoms. The summed E-state index contributed by atoms with van der Waals surface area (Å²) in [5.41, 5.74) is 1.01. The molecule has 0 bridgehead atoms. The summed E-state index contributed by atoms with van der Waals surface area (Å²) in [5.74, 6) is 0.824. The van der Waals surface area contributed by atoms with Gasteiger partial charge in [0.1, 0.15) is 21.3 Å². The molecule has 4 heterocycles. The molecule has 0 spiro atoms. The van der Waals surface area contributed by atoms with Gasteiger partial charge in [0.15, 0.2) is 0 Å². The van der Waals surface area contributed by atoms with Gasteiger partial charge < -0.3 is 19.4 Å². The van der Waals surface area contributed by atoms with Crippen molar-refractivity contribution in [2.24, 2.45) is 0 Å². The summed E-state index contributed by atoms with van der Waals surface area (Å²) in [6.07, 6.45) is 1.69. The first-order chi connectivity index (χ1) is 13.1. The number of aromatic amines is 1. The number of ether oxygens (including phenoxy) is 2. The van der Waals surface area contributed by atoms with Crippen LogP contribution in [0.3, 0.4) is 0 Å². The van der Waals surface area contributed by atoms with Gasteiger partial charge in [-0.25, -0.2) is 14.8 Å². The lowest BCUT2D eigenvalue weighted by atomic mass is 10.2. The summed E-state index contributed by atoms with van der Waals surface area (Å²) < 4.78 is 10.1. The second-order valence-corrected chi connectivity index (χ2v) is 7.15. The summed E-state index contributed by atoms with van der Waals surface area (Å²) in [6, 6.07) is 3.79. The van der Waals surface area contributed by atoms with Crippen LogP contribution in [0.1, 0.15) is 15.2 Å². The molecule has 1 saturated heterocycles. The number of carbonyl (C=O) groups excluding carboxylic acids is 1. The molecule has 0 atom stereocenters. The number of hydrogen-bond donors (Lipinski definition) is 1. The minimum Gasteiger partial charge on any atom is -0.465 e. The number of H-pyrrole nitrogens is 1. The molecule has 9 heteroatoms. The average molecular weight is 386 g/mol. The molecule has 1 fully saturated rings. The van der Waals surface area contributed by atoms with Gasteiger partial charge in [-0.1, -0.05) is 0 Å². The number of carbonyl (C=O) groups is 1. The van der Waals surface area contributed by atoms with E-state index in [9.17, 15) is 9.59 Å². The van der Waals surface area contributed by atoms with Crippen LogP contribution in [0.5, 0.6) is 0 Å². The van der Waals surface area contributed by atoms with Gasteiger partial charge >= 0.3 is 5.97 Å². The highest BCUT2D eigenvalue weighted by Gasteiger charge is 2.20. The highest BCUT2D eigenvalue weighted by atomic mass is 32.1. The Hall–Kier alpha value is -2.78. The third-order valence-corrected chi connectivity index (χ3v) is 5.69. The lowest BCUT2D eigenvalue weighted by Gasteiger charge is -2.27. The van der Waals surface area contributed by atoms with Crippen molar-refractivity contribution in [2.45, 2.75) is 6.92 Å². The molecule has 3 aromatic heterocycles. The number of nitrogens with one attached hydrogen (secondary N) is 1. The second-order valence-electron chi connectivity index (χ2n) is 6.15. The Morgan fingerprint density at radius 3 is 2.78 bits per heavy atom. The first-order valence-corrected chi connectivity index (χ1v) is 9.31. The van der Waals surface area contributed by atoms with Gasteiger partial charge in [0.25, 0.3) is 5.56 Å². The lowest BCUT2D eigenvalue weighted by molar-refractivity contribution is 0.0605. The largest absolute Gasteiger partial charge is 0.465 e. The van der Waals surface area contributed by atoms with Gasteiger partial charge in [-0.3, -0.25) is 4.79 Å². The highest BCUT2D eigenvalue weighted by Crippen LogP contribution is 2.29. The quantitative estimate of drug-likeness (QED) is 0.687. The Morgan fingerprint density at radius 2 is 2.11 bits per heavy atom. The molecule has 3 aromatic rings. The van der Waals surface area contributed by atoms with E-state index in [1.54, 1.807) is 13.1 Å². The molecule has 0 amide bonds. The molecular formula is C18H18N4O4S. The lowest BCUT2D eigenvalue weighted by Crippen LogP contribution is -2.36. The Labute approximate surface area is 158 Å². The van der Waals surface area contributed by atoms with Crippen molar-refractivity contribution >= 4 is 33.3 Å². The van der Waals surface area contributed by atoms with E-state index in [-0.39, 0.29) is 5.56 Å². The van der Waals surface area contributed by atoms with Crippen LogP contribution in [0.4, 0.5) is 5.82 Å². The van der Waals surface area contributed by atoms with Crippen LogP contribution in [-0.2, 0) is 9.47 Å². The van der Waals surface area contributed by atoms with Gasteiger partial charge in [-0.15, -0.1) is 11.3 Å². The predicted molar refractivity (Wildman–Crippen MR) is 103 cm³/mol. The molecule has 1 aliphatic heterocycles. The fraction of sp³-hybridized carbons (Fsp3) is 0.333. The van der Waals surface area contributed by atoms with Crippen molar-refractivity contribution in [3.8, 4) is 11.4 Å². The van der Waals surface area contributed by atoms with E-state index in [4.69, 9.17) is 9.47 Å². The van der Waals surface area contributed by atoms with Gasteiger partial charge in [-0.2, -0.15) is 0 Å². The highest BCUT2D eigenvalue weighted by molar-refractivity contribution is 7.20. The monoisotopic (exact) mass is 386 g/mol. The summed E-state index contributed by atoms with van der Waals surface area (Å²) in [7, 11) is 1.32. The number of aryl methyl sites for hydroxylation is 1. The zero-order valence-corrected chi connectivity index (χ0v) is 15.8. The number of rotatable bonds is 3. The van der Waals surface area contributed by atoms with E-state index in [0.29, 0.717) is 45.3 Å². The molecular weight excluding hydrogens is 368 g/mol. The average Bonchev–Trinajstić information content (AvgIpc) is 3.05. The summed E-state index contributed by atoms with van der Waals surface area (Å²) >= 11 is 1.16. The van der Waals surface area contributed by atoms with Crippen molar-refractivity contribution in [1.29, 1.82) is 0 Å². The van der Waals surface area contributed by atoms with Crippen LogP contribution >= 0.6 is 11.3 Å². The number of aromatic nitrogens is 3. The summed E-state index contributed by atoms with van der Waals surface area (Å²) in [4.78, 5) is 39.3. The number of hydrogen-bond acceptors (Lipinski definition) is 8. The molecule has 1 N–H and O–H groups in total. The molecule has 0 saturated carbocycles. The molecule has 0 unspecified atom stereocenters. The van der Waals surface area contributed by atoms with Crippen LogP contribution < -0.4 is 10.5 Å². The Kier molecular flexibility index (Phi) is 4.63. The third kappa shape index (κ3) is 3.19. The first kappa shape index (κ1) is 17.6. The zero-order valence-electron chi connectivity index (χ0n) is 14.9. The minimum atomic E-state index is -0.465. The molecule has 4 rings (SSSR count). The van der Waals surface area contributed by atoms with Crippen molar-refractivity contribution < 1.29 is 14.3 Å².